The Bertz CT molecular complexity index is 564. The van der Waals surface area contributed by atoms with Crippen molar-refractivity contribution in [1.82, 2.24) is 10.2 Å². The van der Waals surface area contributed by atoms with Crippen LogP contribution in [0.3, 0.4) is 0 Å². The average Bonchev–Trinajstić information content (AvgIpc) is 3.02. The number of rotatable bonds is 7. The molecular formula is C16H23ClF2N2O4. The first-order valence-corrected chi connectivity index (χ1v) is 7.68. The minimum absolute atomic E-state index is 0. The number of alkyl halides is 2. The lowest BCUT2D eigenvalue weighted by Gasteiger charge is -2.25. The molecule has 1 fully saturated rings. The van der Waals surface area contributed by atoms with Gasteiger partial charge in [-0.2, -0.15) is 8.78 Å². The fourth-order valence-corrected chi connectivity index (χ4v) is 2.93. The van der Waals surface area contributed by atoms with Crippen molar-refractivity contribution in [2.75, 3.05) is 34.4 Å². The van der Waals surface area contributed by atoms with Crippen molar-refractivity contribution in [2.24, 2.45) is 0 Å². The van der Waals surface area contributed by atoms with Gasteiger partial charge >= 0.3 is 6.61 Å². The van der Waals surface area contributed by atoms with Gasteiger partial charge in [0.15, 0.2) is 11.5 Å². The molecule has 1 aromatic rings. The molecule has 0 aromatic heterocycles. The first-order chi connectivity index (χ1) is 11.5. The summed E-state index contributed by atoms with van der Waals surface area (Å²) in [7, 11) is 4.48. The predicted octanol–water partition coefficient (Wildman–Crippen LogP) is 2.55. The molecule has 9 heteroatoms. The Morgan fingerprint density at radius 1 is 1.32 bits per heavy atom. The van der Waals surface area contributed by atoms with Gasteiger partial charge in [0, 0.05) is 24.7 Å². The number of nitrogens with one attached hydrogen (secondary N) is 1. The van der Waals surface area contributed by atoms with E-state index in [0.717, 1.165) is 12.8 Å². The van der Waals surface area contributed by atoms with Gasteiger partial charge in [0.05, 0.1) is 14.2 Å². The lowest BCUT2D eigenvalue weighted by Crippen LogP contribution is -2.40. The Balaban J connectivity index is 0.00000312. The van der Waals surface area contributed by atoms with E-state index >= 15 is 0 Å². The van der Waals surface area contributed by atoms with Gasteiger partial charge < -0.3 is 24.4 Å². The summed E-state index contributed by atoms with van der Waals surface area (Å²) in [6.45, 7) is -1.66. The highest BCUT2D eigenvalue weighted by atomic mass is 35.5. The lowest BCUT2D eigenvalue weighted by molar-refractivity contribution is -0.0526. The Morgan fingerprint density at radius 2 is 1.92 bits per heavy atom. The van der Waals surface area contributed by atoms with E-state index in [2.05, 4.69) is 10.1 Å². The molecule has 1 heterocycles. The second kappa shape index (κ2) is 9.62. The second-order valence-corrected chi connectivity index (χ2v) is 5.44. The number of nitrogens with zero attached hydrogens (tertiary/aromatic N) is 1. The maximum Gasteiger partial charge on any atom is 0.387 e. The van der Waals surface area contributed by atoms with Crippen LogP contribution in [0.5, 0.6) is 17.2 Å². The van der Waals surface area contributed by atoms with Crippen LogP contribution in [0.1, 0.15) is 23.2 Å². The quantitative estimate of drug-likeness (QED) is 0.787. The van der Waals surface area contributed by atoms with E-state index in [-0.39, 0.29) is 41.6 Å². The highest BCUT2D eigenvalue weighted by molar-refractivity contribution is 5.96. The Morgan fingerprint density at radius 3 is 2.40 bits per heavy atom. The van der Waals surface area contributed by atoms with Gasteiger partial charge in [-0.15, -0.1) is 12.4 Å². The highest BCUT2D eigenvalue weighted by Crippen LogP contribution is 2.40. The Labute approximate surface area is 151 Å². The van der Waals surface area contributed by atoms with Gasteiger partial charge in [0.1, 0.15) is 0 Å². The summed E-state index contributed by atoms with van der Waals surface area (Å²) in [5.41, 5.74) is 0.313. The molecule has 1 atom stereocenters. The topological polar surface area (TPSA) is 60.0 Å². The molecule has 1 aliphatic heterocycles. The van der Waals surface area contributed by atoms with E-state index in [0.29, 0.717) is 18.7 Å². The number of hydrogen-bond acceptors (Lipinski definition) is 5. The van der Waals surface area contributed by atoms with E-state index in [1.807, 2.05) is 7.05 Å². The molecule has 25 heavy (non-hydrogen) atoms. The molecule has 1 aromatic carbocycles. The summed E-state index contributed by atoms with van der Waals surface area (Å²) >= 11 is 0. The van der Waals surface area contributed by atoms with Crippen molar-refractivity contribution >= 4 is 18.3 Å². The van der Waals surface area contributed by atoms with Gasteiger partial charge in [-0.25, -0.2) is 0 Å². The first kappa shape index (κ1) is 21.2. The molecule has 0 bridgehead atoms. The van der Waals surface area contributed by atoms with Crippen LogP contribution >= 0.6 is 12.4 Å². The van der Waals surface area contributed by atoms with Crippen LogP contribution in [-0.2, 0) is 0 Å². The zero-order chi connectivity index (χ0) is 17.7. The largest absolute Gasteiger partial charge is 0.493 e. The first-order valence-electron chi connectivity index (χ1n) is 7.68. The van der Waals surface area contributed by atoms with E-state index < -0.39 is 6.61 Å². The standard InChI is InChI=1S/C16H22F2N2O4.ClH/c1-19-9-11-5-4-6-20(11)15(21)10-7-12(22-2)14(24-16(17)18)13(8-10)23-3;/h7-8,11,16,19H,4-6,9H2,1-3H3;1H. The number of carbonyl (C=O) groups excluding carboxylic acids is 1. The highest BCUT2D eigenvalue weighted by Gasteiger charge is 2.30. The number of amides is 1. The SMILES string of the molecule is CNCC1CCCN1C(=O)c1cc(OC)c(OC(F)F)c(OC)c1.Cl. The van der Waals surface area contributed by atoms with Crippen LogP contribution in [0.2, 0.25) is 0 Å². The Hall–Kier alpha value is -1.80. The number of likely N-dealkylation sites (tertiary alicyclic amines) is 1. The number of halogens is 3. The van der Waals surface area contributed by atoms with Crippen LogP contribution in [0.15, 0.2) is 12.1 Å². The van der Waals surface area contributed by atoms with E-state index in [9.17, 15) is 13.6 Å². The molecule has 0 radical (unpaired) electrons. The monoisotopic (exact) mass is 380 g/mol. The van der Waals surface area contributed by atoms with Gasteiger partial charge in [0.2, 0.25) is 5.75 Å². The number of methoxy groups -OCH3 is 2. The lowest BCUT2D eigenvalue weighted by atomic mass is 10.1. The summed E-state index contributed by atoms with van der Waals surface area (Å²) in [5, 5.41) is 3.08. The molecule has 6 nitrogen and oxygen atoms in total. The van der Waals surface area contributed by atoms with Crippen LogP contribution in [0, 0.1) is 0 Å². The summed E-state index contributed by atoms with van der Waals surface area (Å²) < 4.78 is 39.8. The predicted molar refractivity (Wildman–Crippen MR) is 91.4 cm³/mol. The average molecular weight is 381 g/mol. The molecule has 0 spiro atoms. The molecule has 1 N–H and O–H groups in total. The molecule has 1 saturated heterocycles. The van der Waals surface area contributed by atoms with Gasteiger partial charge in [-0.3, -0.25) is 4.79 Å². The van der Waals surface area contributed by atoms with Crippen molar-refractivity contribution in [3.8, 4) is 17.2 Å². The summed E-state index contributed by atoms with van der Waals surface area (Å²) in [4.78, 5) is 14.6. The molecule has 1 amide bonds. The third kappa shape index (κ3) is 4.85. The van der Waals surface area contributed by atoms with Crippen molar-refractivity contribution < 1.29 is 27.8 Å². The number of benzene rings is 1. The van der Waals surface area contributed by atoms with Crippen molar-refractivity contribution in [3.05, 3.63) is 17.7 Å². The van der Waals surface area contributed by atoms with Crippen LogP contribution in [0.25, 0.3) is 0 Å². The number of ether oxygens (including phenoxy) is 3. The minimum Gasteiger partial charge on any atom is -0.493 e. The van der Waals surface area contributed by atoms with Crippen molar-refractivity contribution in [1.29, 1.82) is 0 Å². The molecule has 142 valence electrons. The van der Waals surface area contributed by atoms with E-state index in [4.69, 9.17) is 9.47 Å². The Kier molecular flexibility index (Phi) is 8.18. The zero-order valence-corrected chi connectivity index (χ0v) is 15.2. The fourth-order valence-electron chi connectivity index (χ4n) is 2.93. The molecule has 1 aliphatic rings. The number of likely N-dealkylation sites (N-methyl/N-ethyl adjacent to an activating group) is 1. The molecule has 0 aliphatic carbocycles. The van der Waals surface area contributed by atoms with Crippen molar-refractivity contribution in [2.45, 2.75) is 25.5 Å². The normalized spacial score (nSPS) is 16.6. The van der Waals surface area contributed by atoms with Gasteiger partial charge in [-0.05, 0) is 32.0 Å². The summed E-state index contributed by atoms with van der Waals surface area (Å²) in [6.07, 6.45) is 1.85. The second-order valence-electron chi connectivity index (χ2n) is 5.44. The number of carbonyl (C=O) groups is 1. The summed E-state index contributed by atoms with van der Waals surface area (Å²) in [6, 6.07) is 2.91. The zero-order valence-electron chi connectivity index (χ0n) is 14.4. The van der Waals surface area contributed by atoms with E-state index in [1.165, 1.54) is 26.4 Å². The molecular weight excluding hydrogens is 358 g/mol. The molecule has 0 saturated carbocycles. The maximum absolute atomic E-state index is 12.8. The third-order valence-electron chi connectivity index (χ3n) is 3.99. The third-order valence-corrected chi connectivity index (χ3v) is 3.99. The fraction of sp³-hybridized carbons (Fsp3) is 0.562. The van der Waals surface area contributed by atoms with Gasteiger partial charge in [0.25, 0.3) is 5.91 Å². The van der Waals surface area contributed by atoms with Gasteiger partial charge in [-0.1, -0.05) is 0 Å². The smallest absolute Gasteiger partial charge is 0.387 e. The van der Waals surface area contributed by atoms with E-state index in [1.54, 1.807) is 4.90 Å². The summed E-state index contributed by atoms with van der Waals surface area (Å²) in [5.74, 6) is -0.350. The minimum atomic E-state index is -3.02. The van der Waals surface area contributed by atoms with Crippen LogP contribution < -0.4 is 19.5 Å². The van der Waals surface area contributed by atoms with Crippen molar-refractivity contribution in [3.63, 3.8) is 0 Å². The van der Waals surface area contributed by atoms with Crippen LogP contribution in [-0.4, -0.2) is 57.8 Å². The maximum atomic E-state index is 12.8. The number of hydrogen-bond donors (Lipinski definition) is 1. The van der Waals surface area contributed by atoms with Crippen LogP contribution in [0.4, 0.5) is 8.78 Å². The molecule has 1 unspecified atom stereocenters. The molecule has 2 rings (SSSR count).